The first-order chi connectivity index (χ1) is 8.83. The monoisotopic (exact) mass is 292 g/mol. The minimum atomic E-state index is -2.88. The van der Waals surface area contributed by atoms with Gasteiger partial charge in [0.25, 0.3) is 0 Å². The van der Waals surface area contributed by atoms with Crippen LogP contribution >= 0.6 is 7.60 Å². The van der Waals surface area contributed by atoms with Crippen LogP contribution in [0.4, 0.5) is 0 Å². The molecule has 116 valence electrons. The predicted octanol–water partition coefficient (Wildman–Crippen LogP) is 5.64. The molecular weight excluding hydrogens is 259 g/mol. The van der Waals surface area contributed by atoms with Crippen LogP contribution in [0.15, 0.2) is 0 Å². The Labute approximate surface area is 120 Å². The molecule has 4 heteroatoms. The SMILES string of the molecule is CCCCCCOP(=O)(CCCC)OCC(C)(C)C. The van der Waals surface area contributed by atoms with Crippen molar-refractivity contribution in [3.63, 3.8) is 0 Å². The molecule has 0 spiro atoms. The summed E-state index contributed by atoms with van der Waals surface area (Å²) < 4.78 is 23.8. The molecule has 0 bridgehead atoms. The van der Waals surface area contributed by atoms with Crippen LogP contribution in [0.25, 0.3) is 0 Å². The molecule has 0 aromatic rings. The van der Waals surface area contributed by atoms with Crippen molar-refractivity contribution in [1.29, 1.82) is 0 Å². The molecule has 0 saturated carbocycles. The average Bonchev–Trinajstić information content (AvgIpc) is 2.33. The van der Waals surface area contributed by atoms with Crippen molar-refractivity contribution < 1.29 is 13.6 Å². The van der Waals surface area contributed by atoms with Gasteiger partial charge < -0.3 is 9.05 Å². The highest BCUT2D eigenvalue weighted by atomic mass is 31.2. The molecule has 0 aromatic heterocycles. The molecule has 3 nitrogen and oxygen atoms in total. The molecule has 0 radical (unpaired) electrons. The van der Waals surface area contributed by atoms with E-state index in [4.69, 9.17) is 9.05 Å². The van der Waals surface area contributed by atoms with Crippen molar-refractivity contribution in [2.24, 2.45) is 5.41 Å². The lowest BCUT2D eigenvalue weighted by molar-refractivity contribution is 0.149. The molecule has 19 heavy (non-hydrogen) atoms. The maximum absolute atomic E-state index is 12.6. The molecule has 0 N–H and O–H groups in total. The van der Waals surface area contributed by atoms with Gasteiger partial charge in [-0.2, -0.15) is 0 Å². The Kier molecular flexibility index (Phi) is 10.0. The summed E-state index contributed by atoms with van der Waals surface area (Å²) in [5.41, 5.74) is 0.0213. The van der Waals surface area contributed by atoms with E-state index in [-0.39, 0.29) is 5.41 Å². The lowest BCUT2D eigenvalue weighted by atomic mass is 9.99. The maximum Gasteiger partial charge on any atom is 0.330 e. The smallest absolute Gasteiger partial charge is 0.309 e. The van der Waals surface area contributed by atoms with Gasteiger partial charge in [-0.15, -0.1) is 0 Å². The lowest BCUT2D eigenvalue weighted by Crippen LogP contribution is -2.15. The first-order valence-corrected chi connectivity index (χ1v) is 9.44. The van der Waals surface area contributed by atoms with Gasteiger partial charge in [-0.1, -0.05) is 60.3 Å². The number of unbranched alkanes of at least 4 members (excludes halogenated alkanes) is 4. The Morgan fingerprint density at radius 1 is 0.895 bits per heavy atom. The molecular formula is C15H33O3P. The summed E-state index contributed by atoms with van der Waals surface area (Å²) >= 11 is 0. The van der Waals surface area contributed by atoms with Crippen molar-refractivity contribution in [1.82, 2.24) is 0 Å². The van der Waals surface area contributed by atoms with Gasteiger partial charge in [-0.3, -0.25) is 4.57 Å². The molecule has 0 saturated heterocycles. The number of rotatable bonds is 11. The third-order valence-corrected chi connectivity index (χ3v) is 4.73. The minimum absolute atomic E-state index is 0.0213. The van der Waals surface area contributed by atoms with Crippen LogP contribution in [-0.2, 0) is 13.6 Å². The molecule has 0 aliphatic carbocycles. The first-order valence-electron chi connectivity index (χ1n) is 7.71. The van der Waals surface area contributed by atoms with E-state index in [1.165, 1.54) is 12.8 Å². The summed E-state index contributed by atoms with van der Waals surface area (Å²) in [6.07, 6.45) is 7.00. The molecule has 0 aliphatic heterocycles. The highest BCUT2D eigenvalue weighted by Gasteiger charge is 2.26. The van der Waals surface area contributed by atoms with Crippen molar-refractivity contribution in [2.75, 3.05) is 19.4 Å². The van der Waals surface area contributed by atoms with E-state index in [9.17, 15) is 4.57 Å². The summed E-state index contributed by atoms with van der Waals surface area (Å²) in [4.78, 5) is 0. The molecule has 0 fully saturated rings. The summed E-state index contributed by atoms with van der Waals surface area (Å²) in [6, 6.07) is 0. The second-order valence-corrected chi connectivity index (χ2v) is 8.60. The van der Waals surface area contributed by atoms with Crippen molar-refractivity contribution in [3.8, 4) is 0 Å². The zero-order valence-electron chi connectivity index (χ0n) is 13.5. The zero-order chi connectivity index (χ0) is 14.8. The van der Waals surface area contributed by atoms with E-state index in [1.807, 2.05) is 0 Å². The van der Waals surface area contributed by atoms with Gasteiger partial charge in [0.15, 0.2) is 0 Å². The fourth-order valence-electron chi connectivity index (χ4n) is 1.54. The van der Waals surface area contributed by atoms with E-state index in [0.29, 0.717) is 19.4 Å². The van der Waals surface area contributed by atoms with E-state index in [1.54, 1.807) is 0 Å². The predicted molar refractivity (Wildman–Crippen MR) is 82.9 cm³/mol. The Hall–Kier alpha value is 0.150. The highest BCUT2D eigenvalue weighted by molar-refractivity contribution is 7.53. The van der Waals surface area contributed by atoms with Crippen LogP contribution in [0.2, 0.25) is 0 Å². The second-order valence-electron chi connectivity index (χ2n) is 6.42. The van der Waals surface area contributed by atoms with Crippen LogP contribution in [0, 0.1) is 5.41 Å². The third kappa shape index (κ3) is 11.7. The van der Waals surface area contributed by atoms with Gasteiger partial charge in [0.2, 0.25) is 0 Å². The van der Waals surface area contributed by atoms with Crippen molar-refractivity contribution in [3.05, 3.63) is 0 Å². The molecule has 0 amide bonds. The average molecular weight is 292 g/mol. The molecule has 0 rings (SSSR count). The largest absolute Gasteiger partial charge is 0.330 e. The Balaban J connectivity index is 4.15. The third-order valence-electron chi connectivity index (χ3n) is 2.77. The molecule has 1 unspecified atom stereocenters. The molecule has 0 aliphatic rings. The van der Waals surface area contributed by atoms with Crippen LogP contribution in [0.3, 0.4) is 0 Å². The Morgan fingerprint density at radius 3 is 2.05 bits per heavy atom. The second kappa shape index (κ2) is 9.96. The van der Waals surface area contributed by atoms with Crippen LogP contribution in [-0.4, -0.2) is 19.4 Å². The standard InChI is InChI=1S/C15H33O3P/c1-6-8-10-11-12-17-19(16,13-9-7-2)18-14-15(3,4)5/h6-14H2,1-5H3. The Bertz CT molecular complexity index is 259. The Morgan fingerprint density at radius 2 is 1.53 bits per heavy atom. The van der Waals surface area contributed by atoms with E-state index >= 15 is 0 Å². The molecule has 0 heterocycles. The fraction of sp³-hybridized carbons (Fsp3) is 1.00. The van der Waals surface area contributed by atoms with Gasteiger partial charge >= 0.3 is 7.60 Å². The van der Waals surface area contributed by atoms with Gasteiger partial charge in [-0.25, -0.2) is 0 Å². The first kappa shape index (κ1) is 19.1. The normalized spacial score (nSPS) is 15.4. The molecule has 0 aromatic carbocycles. The minimum Gasteiger partial charge on any atom is -0.309 e. The topological polar surface area (TPSA) is 35.5 Å². The van der Waals surface area contributed by atoms with Gasteiger partial charge in [0, 0.05) is 0 Å². The van der Waals surface area contributed by atoms with E-state index < -0.39 is 7.60 Å². The summed E-state index contributed by atoms with van der Waals surface area (Å²) in [7, 11) is -2.88. The maximum atomic E-state index is 12.6. The summed E-state index contributed by atoms with van der Waals surface area (Å²) in [5.74, 6) is 0. The van der Waals surface area contributed by atoms with Crippen molar-refractivity contribution in [2.45, 2.75) is 73.1 Å². The van der Waals surface area contributed by atoms with Crippen LogP contribution < -0.4 is 0 Å². The van der Waals surface area contributed by atoms with Gasteiger partial charge in [-0.05, 0) is 18.3 Å². The highest BCUT2D eigenvalue weighted by Crippen LogP contribution is 2.50. The molecule has 1 atom stereocenters. The summed E-state index contributed by atoms with van der Waals surface area (Å²) in [5, 5.41) is 0. The van der Waals surface area contributed by atoms with Crippen molar-refractivity contribution >= 4 is 7.60 Å². The summed E-state index contributed by atoms with van der Waals surface area (Å²) in [6.45, 7) is 11.6. The lowest BCUT2D eigenvalue weighted by Gasteiger charge is -2.24. The van der Waals surface area contributed by atoms with Gasteiger partial charge in [0.05, 0.1) is 19.4 Å². The number of hydrogen-bond acceptors (Lipinski definition) is 3. The van der Waals surface area contributed by atoms with E-state index in [2.05, 4.69) is 34.6 Å². The fourth-order valence-corrected chi connectivity index (χ4v) is 3.57. The van der Waals surface area contributed by atoms with Gasteiger partial charge in [0.1, 0.15) is 0 Å². The van der Waals surface area contributed by atoms with E-state index in [0.717, 1.165) is 25.7 Å². The number of hydrogen-bond donors (Lipinski definition) is 0. The quantitative estimate of drug-likeness (QED) is 0.365. The van der Waals surface area contributed by atoms with Crippen LogP contribution in [0.5, 0.6) is 0 Å². The zero-order valence-corrected chi connectivity index (χ0v) is 14.4. The van der Waals surface area contributed by atoms with Crippen LogP contribution in [0.1, 0.15) is 73.1 Å².